The molecule has 0 amide bonds. The molecule has 7 heteroatoms. The largest absolute Gasteiger partial charge is 0.357 e. The second-order valence-corrected chi connectivity index (χ2v) is 9.09. The van der Waals surface area contributed by atoms with E-state index in [4.69, 9.17) is 4.99 Å². The second-order valence-electron chi connectivity index (χ2n) is 7.08. The van der Waals surface area contributed by atoms with E-state index in [9.17, 15) is 4.21 Å². The molecule has 1 aromatic rings. The fourth-order valence-corrected chi connectivity index (χ4v) is 5.07. The Morgan fingerprint density at radius 3 is 2.73 bits per heavy atom. The molecule has 1 aliphatic rings. The van der Waals surface area contributed by atoms with Gasteiger partial charge in [0, 0.05) is 53.7 Å². The van der Waals surface area contributed by atoms with E-state index >= 15 is 0 Å². The first-order valence-corrected chi connectivity index (χ1v) is 11.3. The van der Waals surface area contributed by atoms with E-state index in [1.54, 1.807) is 0 Å². The molecular formula is C19H35N5OS. The second kappa shape index (κ2) is 10.1. The summed E-state index contributed by atoms with van der Waals surface area (Å²) in [4.78, 5) is 4.77. The van der Waals surface area contributed by atoms with Crippen LogP contribution in [0.2, 0.25) is 0 Å². The molecule has 0 aliphatic heterocycles. The Labute approximate surface area is 160 Å². The summed E-state index contributed by atoms with van der Waals surface area (Å²) >= 11 is 0. The van der Waals surface area contributed by atoms with E-state index in [1.165, 1.54) is 11.3 Å². The number of aliphatic imine (C=N–C) groups is 1. The SMILES string of the molecule is CCNC(=NCCc1c(C)nn(C)c1C)NC1CCCC(S(=O)CC)C1. The maximum absolute atomic E-state index is 12.1. The van der Waals surface area contributed by atoms with Crippen molar-refractivity contribution in [2.45, 2.75) is 71.1 Å². The number of aryl methyl sites for hydroxylation is 2. The molecule has 148 valence electrons. The number of aromatic nitrogens is 2. The summed E-state index contributed by atoms with van der Waals surface area (Å²) < 4.78 is 14.1. The summed E-state index contributed by atoms with van der Waals surface area (Å²) in [6.45, 7) is 9.85. The van der Waals surface area contributed by atoms with Gasteiger partial charge in [0.15, 0.2) is 5.96 Å². The Kier molecular flexibility index (Phi) is 8.13. The highest BCUT2D eigenvalue weighted by molar-refractivity contribution is 7.85. The van der Waals surface area contributed by atoms with Gasteiger partial charge in [-0.05, 0) is 52.0 Å². The fraction of sp³-hybridized carbons (Fsp3) is 0.789. The van der Waals surface area contributed by atoms with Crippen molar-refractivity contribution in [3.8, 4) is 0 Å². The molecule has 2 N–H and O–H groups in total. The van der Waals surface area contributed by atoms with Crippen LogP contribution in [0, 0.1) is 13.8 Å². The summed E-state index contributed by atoms with van der Waals surface area (Å²) in [6, 6.07) is 0.365. The minimum Gasteiger partial charge on any atom is -0.357 e. The molecule has 1 heterocycles. The Hall–Kier alpha value is -1.37. The number of nitrogens with zero attached hydrogens (tertiary/aromatic N) is 3. The maximum atomic E-state index is 12.1. The third-order valence-electron chi connectivity index (χ3n) is 5.26. The quantitative estimate of drug-likeness (QED) is 0.561. The first-order valence-electron chi connectivity index (χ1n) is 9.87. The van der Waals surface area contributed by atoms with Crippen molar-refractivity contribution in [1.82, 2.24) is 20.4 Å². The van der Waals surface area contributed by atoms with Crippen LogP contribution in [0.4, 0.5) is 0 Å². The predicted octanol–water partition coefficient (Wildman–Crippen LogP) is 2.21. The number of hydrogen-bond donors (Lipinski definition) is 2. The van der Waals surface area contributed by atoms with Gasteiger partial charge in [-0.2, -0.15) is 5.10 Å². The number of nitrogens with one attached hydrogen (secondary N) is 2. The van der Waals surface area contributed by atoms with Crippen molar-refractivity contribution in [3.63, 3.8) is 0 Å². The Balaban J connectivity index is 1.94. The summed E-state index contributed by atoms with van der Waals surface area (Å²) in [5.74, 6) is 1.63. The lowest BCUT2D eigenvalue weighted by molar-refractivity contribution is 0.413. The lowest BCUT2D eigenvalue weighted by Crippen LogP contribution is -2.46. The zero-order chi connectivity index (χ0) is 19.1. The Morgan fingerprint density at radius 2 is 2.12 bits per heavy atom. The van der Waals surface area contributed by atoms with Gasteiger partial charge >= 0.3 is 0 Å². The molecule has 0 radical (unpaired) electrons. The first-order chi connectivity index (χ1) is 12.5. The highest BCUT2D eigenvalue weighted by Crippen LogP contribution is 2.23. The smallest absolute Gasteiger partial charge is 0.191 e. The van der Waals surface area contributed by atoms with Gasteiger partial charge in [-0.15, -0.1) is 0 Å². The van der Waals surface area contributed by atoms with Crippen molar-refractivity contribution in [3.05, 3.63) is 17.0 Å². The van der Waals surface area contributed by atoms with E-state index in [0.29, 0.717) is 11.3 Å². The average Bonchev–Trinajstić information content (AvgIpc) is 2.87. The Bertz CT molecular complexity index is 640. The van der Waals surface area contributed by atoms with Crippen LogP contribution in [0.3, 0.4) is 0 Å². The highest BCUT2D eigenvalue weighted by Gasteiger charge is 2.26. The molecule has 1 fully saturated rings. The summed E-state index contributed by atoms with van der Waals surface area (Å²) in [7, 11) is 1.29. The normalized spacial score (nSPS) is 22.3. The van der Waals surface area contributed by atoms with Crippen LogP contribution in [0.15, 0.2) is 4.99 Å². The molecule has 0 bridgehead atoms. The summed E-state index contributed by atoms with van der Waals surface area (Å²) in [5.41, 5.74) is 3.60. The zero-order valence-corrected chi connectivity index (χ0v) is 17.8. The van der Waals surface area contributed by atoms with Crippen molar-refractivity contribution < 1.29 is 4.21 Å². The lowest BCUT2D eigenvalue weighted by Gasteiger charge is -2.30. The van der Waals surface area contributed by atoms with Crippen LogP contribution in [-0.4, -0.2) is 50.1 Å². The van der Waals surface area contributed by atoms with Gasteiger partial charge in [0.2, 0.25) is 0 Å². The van der Waals surface area contributed by atoms with Gasteiger partial charge in [-0.1, -0.05) is 13.3 Å². The summed E-state index contributed by atoms with van der Waals surface area (Å²) in [6.07, 6.45) is 5.23. The van der Waals surface area contributed by atoms with Gasteiger partial charge < -0.3 is 10.6 Å². The van der Waals surface area contributed by atoms with Gasteiger partial charge in [-0.3, -0.25) is 13.9 Å². The summed E-state index contributed by atoms with van der Waals surface area (Å²) in [5, 5.41) is 11.7. The maximum Gasteiger partial charge on any atom is 0.191 e. The van der Waals surface area contributed by atoms with Gasteiger partial charge in [0.25, 0.3) is 0 Å². The third kappa shape index (κ3) is 5.56. The van der Waals surface area contributed by atoms with Crippen molar-refractivity contribution in [1.29, 1.82) is 0 Å². The molecule has 0 saturated heterocycles. The van der Waals surface area contributed by atoms with E-state index in [0.717, 1.165) is 62.6 Å². The monoisotopic (exact) mass is 381 g/mol. The molecule has 2 rings (SSSR count). The van der Waals surface area contributed by atoms with Crippen LogP contribution in [0.25, 0.3) is 0 Å². The number of hydrogen-bond acceptors (Lipinski definition) is 3. The molecule has 3 atom stereocenters. The zero-order valence-electron chi connectivity index (χ0n) is 17.0. The van der Waals surface area contributed by atoms with Gasteiger partial charge in [0.05, 0.1) is 5.69 Å². The van der Waals surface area contributed by atoms with E-state index in [1.807, 2.05) is 18.7 Å². The van der Waals surface area contributed by atoms with E-state index < -0.39 is 10.8 Å². The molecule has 0 spiro atoms. The minimum absolute atomic E-state index is 0.329. The molecule has 6 nitrogen and oxygen atoms in total. The standard InChI is InChI=1S/C19H35N5OS/c1-6-20-19(21-12-11-18-14(3)23-24(5)15(18)4)22-16-9-8-10-17(13-16)26(25)7-2/h16-17H,6-13H2,1-5H3,(H2,20,21,22). The molecule has 3 unspecified atom stereocenters. The van der Waals surface area contributed by atoms with Gasteiger partial charge in [-0.25, -0.2) is 0 Å². The molecule has 26 heavy (non-hydrogen) atoms. The molecule has 0 aromatic carbocycles. The van der Waals surface area contributed by atoms with Crippen molar-refractivity contribution in [2.75, 3.05) is 18.8 Å². The minimum atomic E-state index is -0.695. The predicted molar refractivity (Wildman–Crippen MR) is 110 cm³/mol. The van der Waals surface area contributed by atoms with Crippen molar-refractivity contribution in [2.24, 2.45) is 12.0 Å². The molecule has 1 saturated carbocycles. The fourth-order valence-electron chi connectivity index (χ4n) is 3.72. The number of guanidine groups is 1. The van der Waals surface area contributed by atoms with Crippen LogP contribution >= 0.6 is 0 Å². The molecular weight excluding hydrogens is 346 g/mol. The average molecular weight is 382 g/mol. The Morgan fingerprint density at radius 1 is 1.35 bits per heavy atom. The number of rotatable bonds is 7. The van der Waals surface area contributed by atoms with E-state index in [2.05, 4.69) is 36.5 Å². The topological polar surface area (TPSA) is 71.3 Å². The first kappa shape index (κ1) is 20.9. The van der Waals surface area contributed by atoms with Crippen molar-refractivity contribution >= 4 is 16.8 Å². The molecule has 1 aromatic heterocycles. The van der Waals surface area contributed by atoms with Gasteiger partial charge in [0.1, 0.15) is 0 Å². The van der Waals surface area contributed by atoms with Crippen LogP contribution in [-0.2, 0) is 24.3 Å². The highest BCUT2D eigenvalue weighted by atomic mass is 32.2. The third-order valence-corrected chi connectivity index (χ3v) is 7.00. The lowest BCUT2D eigenvalue weighted by atomic mass is 9.95. The van der Waals surface area contributed by atoms with E-state index in [-0.39, 0.29) is 0 Å². The molecule has 1 aliphatic carbocycles. The van der Waals surface area contributed by atoms with Crippen LogP contribution < -0.4 is 10.6 Å². The van der Waals surface area contributed by atoms with Crippen LogP contribution in [0.1, 0.15) is 56.5 Å². The van der Waals surface area contributed by atoms with Crippen LogP contribution in [0.5, 0.6) is 0 Å².